The average molecular weight is 867 g/mol. The van der Waals surface area contributed by atoms with Gasteiger partial charge < -0.3 is 9.47 Å². The van der Waals surface area contributed by atoms with E-state index in [1.807, 2.05) is 0 Å². The highest BCUT2D eigenvalue weighted by molar-refractivity contribution is 6.23. The smallest absolute Gasteiger partial charge is 0.0553 e. The lowest BCUT2D eigenvalue weighted by Crippen LogP contribution is -2.16. The number of nitrogens with zero attached hydrogens (tertiary/aromatic N) is 2. The molecular formula is C66H46N2. The van der Waals surface area contributed by atoms with Crippen molar-refractivity contribution in [2.24, 2.45) is 5.92 Å². The molecular weight excluding hydrogens is 821 g/mol. The zero-order valence-electron chi connectivity index (χ0n) is 37.5. The minimum Gasteiger partial charge on any atom is -0.310 e. The second-order valence-corrected chi connectivity index (χ2v) is 18.0. The van der Waals surface area contributed by atoms with Gasteiger partial charge >= 0.3 is 0 Å². The van der Waals surface area contributed by atoms with E-state index in [-0.39, 0.29) is 0 Å². The molecule has 2 unspecified atom stereocenters. The normalized spacial score (nSPS) is 15.0. The molecule has 0 N–H and O–H groups in total. The molecule has 11 aromatic rings. The van der Waals surface area contributed by atoms with Crippen LogP contribution in [0, 0.1) is 5.92 Å². The molecule has 0 saturated carbocycles. The highest BCUT2D eigenvalue weighted by atomic mass is 15.1. The number of benzene rings is 10. The predicted octanol–water partition coefficient (Wildman–Crippen LogP) is 17.7. The molecule has 0 saturated heterocycles. The van der Waals surface area contributed by atoms with E-state index in [0.717, 1.165) is 22.7 Å². The molecule has 1 heterocycles. The Morgan fingerprint density at radius 3 is 1.74 bits per heavy atom. The van der Waals surface area contributed by atoms with Gasteiger partial charge in [-0.3, -0.25) is 0 Å². The van der Waals surface area contributed by atoms with Gasteiger partial charge in [0.15, 0.2) is 0 Å². The van der Waals surface area contributed by atoms with Crippen LogP contribution in [-0.4, -0.2) is 4.57 Å². The Bertz CT molecular complexity index is 3780. The quantitative estimate of drug-likeness (QED) is 0.148. The lowest BCUT2D eigenvalue weighted by Gasteiger charge is -2.31. The molecule has 0 radical (unpaired) electrons. The van der Waals surface area contributed by atoms with Crippen molar-refractivity contribution in [3.8, 4) is 39.1 Å². The summed E-state index contributed by atoms with van der Waals surface area (Å²) in [6, 6.07) is 86.7. The number of anilines is 3. The van der Waals surface area contributed by atoms with Gasteiger partial charge in [0, 0.05) is 45.4 Å². The maximum atomic E-state index is 2.47. The lowest BCUT2D eigenvalue weighted by molar-refractivity contribution is 0.689. The SMILES string of the molecule is C1=CC2C=C(c3ccc(N(c4ccc(-c5ccccc5-c5ccccc5)cc4)c4cccc(-c5c6ccccc6cc6c5c5ccccc5n6-c5ccccc5)c4)cc3)c3ccccc3C2C=C1. The van der Waals surface area contributed by atoms with Crippen LogP contribution in [-0.2, 0) is 0 Å². The molecule has 0 spiro atoms. The van der Waals surface area contributed by atoms with Gasteiger partial charge in [0.2, 0.25) is 0 Å². The Morgan fingerprint density at radius 2 is 0.971 bits per heavy atom. The first-order valence-electron chi connectivity index (χ1n) is 23.7. The third-order valence-corrected chi connectivity index (χ3v) is 14.1. The minimum absolute atomic E-state index is 0.330. The van der Waals surface area contributed by atoms with Gasteiger partial charge in [0.05, 0.1) is 11.0 Å². The molecule has 0 fully saturated rings. The van der Waals surface area contributed by atoms with Crippen LogP contribution in [0.25, 0.3) is 77.2 Å². The van der Waals surface area contributed by atoms with E-state index in [2.05, 4.69) is 276 Å². The highest BCUT2D eigenvalue weighted by Crippen LogP contribution is 2.47. The van der Waals surface area contributed by atoms with Gasteiger partial charge in [-0.15, -0.1) is 0 Å². The maximum Gasteiger partial charge on any atom is 0.0553 e. The number of aromatic nitrogens is 1. The first-order valence-corrected chi connectivity index (χ1v) is 23.7. The summed E-state index contributed by atoms with van der Waals surface area (Å²) in [5.74, 6) is 0.694. The molecule has 2 nitrogen and oxygen atoms in total. The summed E-state index contributed by atoms with van der Waals surface area (Å²) in [5.41, 5.74) is 19.2. The number of allylic oxidation sites excluding steroid dienone is 5. The summed E-state index contributed by atoms with van der Waals surface area (Å²) in [4.78, 5) is 2.42. The van der Waals surface area contributed by atoms with Crippen LogP contribution in [0.1, 0.15) is 22.6 Å². The van der Waals surface area contributed by atoms with E-state index < -0.39 is 0 Å². The first-order chi connectivity index (χ1) is 33.7. The Kier molecular flexibility index (Phi) is 9.68. The second kappa shape index (κ2) is 16.6. The summed E-state index contributed by atoms with van der Waals surface area (Å²) in [6.07, 6.45) is 11.5. The van der Waals surface area contributed by atoms with Crippen LogP contribution >= 0.6 is 0 Å². The topological polar surface area (TPSA) is 8.17 Å². The zero-order valence-corrected chi connectivity index (χ0v) is 37.5. The second-order valence-electron chi connectivity index (χ2n) is 18.0. The van der Waals surface area contributed by atoms with E-state index in [0.29, 0.717) is 11.8 Å². The van der Waals surface area contributed by atoms with Gasteiger partial charge in [-0.05, 0) is 127 Å². The van der Waals surface area contributed by atoms with Gasteiger partial charge in [-0.2, -0.15) is 0 Å². The Balaban J connectivity index is 0.981. The van der Waals surface area contributed by atoms with Crippen molar-refractivity contribution in [2.45, 2.75) is 5.92 Å². The van der Waals surface area contributed by atoms with Crippen LogP contribution in [0.15, 0.2) is 267 Å². The van der Waals surface area contributed by atoms with E-state index in [1.165, 1.54) is 88.2 Å². The van der Waals surface area contributed by atoms with Crippen LogP contribution in [0.5, 0.6) is 0 Å². The molecule has 0 bridgehead atoms. The van der Waals surface area contributed by atoms with Crippen molar-refractivity contribution in [3.63, 3.8) is 0 Å². The summed E-state index contributed by atoms with van der Waals surface area (Å²) >= 11 is 0. The Labute approximate surface area is 397 Å². The predicted molar refractivity (Wildman–Crippen MR) is 287 cm³/mol. The number of rotatable bonds is 8. The van der Waals surface area contributed by atoms with Gasteiger partial charge in [-0.1, -0.05) is 206 Å². The van der Waals surface area contributed by atoms with Crippen molar-refractivity contribution in [3.05, 3.63) is 284 Å². The van der Waals surface area contributed by atoms with Crippen LogP contribution in [0.4, 0.5) is 17.1 Å². The largest absolute Gasteiger partial charge is 0.310 e. The molecule has 0 amide bonds. The highest BCUT2D eigenvalue weighted by Gasteiger charge is 2.28. The number of para-hydroxylation sites is 2. The van der Waals surface area contributed by atoms with E-state index in [9.17, 15) is 0 Å². The average Bonchev–Trinajstić information content (AvgIpc) is 3.74. The molecule has 10 aromatic carbocycles. The Morgan fingerprint density at radius 1 is 0.382 bits per heavy atom. The van der Waals surface area contributed by atoms with Crippen molar-refractivity contribution < 1.29 is 0 Å². The summed E-state index contributed by atoms with van der Waals surface area (Å²) < 4.78 is 2.43. The van der Waals surface area contributed by atoms with E-state index in [1.54, 1.807) is 0 Å². The van der Waals surface area contributed by atoms with Gasteiger partial charge in [0.1, 0.15) is 0 Å². The number of hydrogen-bond acceptors (Lipinski definition) is 1. The molecule has 2 aliphatic carbocycles. The van der Waals surface area contributed by atoms with Crippen LogP contribution in [0.3, 0.4) is 0 Å². The molecule has 2 atom stereocenters. The summed E-state index contributed by atoms with van der Waals surface area (Å²) in [7, 11) is 0. The summed E-state index contributed by atoms with van der Waals surface area (Å²) in [5, 5.41) is 4.94. The van der Waals surface area contributed by atoms with E-state index >= 15 is 0 Å². The van der Waals surface area contributed by atoms with Gasteiger partial charge in [-0.25, -0.2) is 0 Å². The third-order valence-electron chi connectivity index (χ3n) is 14.1. The Hall–Kier alpha value is -8.72. The maximum absolute atomic E-state index is 2.47. The fourth-order valence-electron chi connectivity index (χ4n) is 11.0. The summed E-state index contributed by atoms with van der Waals surface area (Å²) in [6.45, 7) is 0. The monoisotopic (exact) mass is 866 g/mol. The van der Waals surface area contributed by atoms with Crippen molar-refractivity contribution >= 4 is 55.2 Å². The van der Waals surface area contributed by atoms with Crippen LogP contribution in [0.2, 0.25) is 0 Å². The lowest BCUT2D eigenvalue weighted by atomic mass is 9.73. The molecule has 0 aliphatic heterocycles. The molecule has 2 heteroatoms. The fraction of sp³-hybridized carbons (Fsp3) is 0.0303. The molecule has 2 aliphatic rings. The van der Waals surface area contributed by atoms with Gasteiger partial charge in [0.25, 0.3) is 0 Å². The van der Waals surface area contributed by atoms with Crippen molar-refractivity contribution in [1.82, 2.24) is 4.57 Å². The third kappa shape index (κ3) is 6.72. The van der Waals surface area contributed by atoms with E-state index in [4.69, 9.17) is 0 Å². The van der Waals surface area contributed by atoms with Crippen molar-refractivity contribution in [1.29, 1.82) is 0 Å². The molecule has 13 rings (SSSR count). The molecule has 68 heavy (non-hydrogen) atoms. The molecule has 320 valence electrons. The standard InChI is InChI=1S/C66H46N2/c1-3-18-45(19-4-1)55-26-11-12-27-56(55)46-34-38-52(39-35-46)67(53-40-36-47(37-41-53)62-43-48-20-7-9-28-57(48)59-30-13-14-31-60(59)62)54-25-17-22-50(42-54)65-58-29-10-8-21-49(58)44-64-66(65)61-32-15-16-33-63(61)68(64)51-23-5-2-6-24-51/h1-44,48,57H. The fourth-order valence-corrected chi connectivity index (χ4v) is 11.0. The molecule has 1 aromatic heterocycles. The number of fused-ring (bicyclic) bond motifs is 7. The zero-order chi connectivity index (χ0) is 45.0. The van der Waals surface area contributed by atoms with Crippen molar-refractivity contribution in [2.75, 3.05) is 4.90 Å². The minimum atomic E-state index is 0.330. The first kappa shape index (κ1) is 39.6. The van der Waals surface area contributed by atoms with Crippen LogP contribution < -0.4 is 4.90 Å². The number of hydrogen-bond donors (Lipinski definition) is 0.